The second kappa shape index (κ2) is 4.63. The normalized spacial score (nSPS) is 13.8. The van der Waals surface area contributed by atoms with Crippen LogP contribution in [0.1, 0.15) is 27.0 Å². The fourth-order valence-corrected chi connectivity index (χ4v) is 3.57. The number of hydrogen-bond acceptors (Lipinski definition) is 1. The molecule has 0 unspecified atom stereocenters. The van der Waals surface area contributed by atoms with Crippen molar-refractivity contribution in [3.63, 3.8) is 0 Å². The molecule has 0 saturated carbocycles. The number of ketones is 1. The number of rotatable bonds is 0. The van der Waals surface area contributed by atoms with Gasteiger partial charge in [0.15, 0.2) is 5.78 Å². The van der Waals surface area contributed by atoms with Crippen LogP contribution in [0.4, 0.5) is 0 Å². The monoisotopic (exact) mass is 364 g/mol. The van der Waals surface area contributed by atoms with E-state index in [0.717, 1.165) is 44.0 Å². The zero-order valence-electron chi connectivity index (χ0n) is 9.54. The van der Waals surface area contributed by atoms with Crippen LogP contribution in [0.5, 0.6) is 0 Å². The predicted molar refractivity (Wildman–Crippen MR) is 79.1 cm³/mol. The molecule has 1 aliphatic rings. The summed E-state index contributed by atoms with van der Waals surface area (Å²) in [5, 5.41) is 0. The lowest BCUT2D eigenvalue weighted by Crippen LogP contribution is -2.04. The number of fused-ring (bicyclic) bond motifs is 2. The Morgan fingerprint density at radius 3 is 1.67 bits per heavy atom. The molecule has 0 aliphatic heterocycles. The Labute approximate surface area is 122 Å². The topological polar surface area (TPSA) is 17.1 Å². The van der Waals surface area contributed by atoms with Crippen LogP contribution in [0.15, 0.2) is 45.3 Å². The van der Waals surface area contributed by atoms with Crippen molar-refractivity contribution in [2.24, 2.45) is 0 Å². The smallest absolute Gasteiger partial charge is 0.193 e. The van der Waals surface area contributed by atoms with Gasteiger partial charge in [0.2, 0.25) is 0 Å². The second-order valence-corrected chi connectivity index (χ2v) is 6.07. The van der Waals surface area contributed by atoms with Crippen LogP contribution in [0.3, 0.4) is 0 Å². The Hall–Kier alpha value is -0.930. The molecule has 0 saturated heterocycles. The lowest BCUT2D eigenvalue weighted by molar-refractivity contribution is 0.103. The Kier molecular flexibility index (Phi) is 3.12. The molecule has 0 aromatic heterocycles. The van der Waals surface area contributed by atoms with Gasteiger partial charge in [-0.3, -0.25) is 4.79 Å². The van der Waals surface area contributed by atoms with Crippen molar-refractivity contribution >= 4 is 37.6 Å². The van der Waals surface area contributed by atoms with Gasteiger partial charge in [0.1, 0.15) is 0 Å². The summed E-state index contributed by atoms with van der Waals surface area (Å²) in [4.78, 5) is 12.6. The van der Waals surface area contributed by atoms with Gasteiger partial charge in [-0.1, -0.05) is 56.1 Å². The van der Waals surface area contributed by atoms with Crippen LogP contribution in [-0.2, 0) is 12.8 Å². The van der Waals surface area contributed by atoms with E-state index in [2.05, 4.69) is 31.9 Å². The van der Waals surface area contributed by atoms with E-state index >= 15 is 0 Å². The van der Waals surface area contributed by atoms with Gasteiger partial charge in [-0.25, -0.2) is 0 Å². The highest BCUT2D eigenvalue weighted by molar-refractivity contribution is 9.10. The standard InChI is InChI=1S/C15H10Br2O/c16-13-5-1-3-11-9(13)7-8-10-12(15(11)18)4-2-6-14(10)17/h1-6H,7-8H2. The largest absolute Gasteiger partial charge is 0.289 e. The van der Waals surface area contributed by atoms with E-state index in [1.807, 2.05) is 36.4 Å². The number of carbonyl (C=O) groups is 1. The molecule has 0 radical (unpaired) electrons. The average molecular weight is 366 g/mol. The summed E-state index contributed by atoms with van der Waals surface area (Å²) in [5.41, 5.74) is 3.87. The third kappa shape index (κ3) is 1.86. The average Bonchev–Trinajstić information content (AvgIpc) is 2.51. The Morgan fingerprint density at radius 2 is 1.22 bits per heavy atom. The molecular weight excluding hydrogens is 356 g/mol. The molecule has 2 aromatic carbocycles. The van der Waals surface area contributed by atoms with Crippen LogP contribution < -0.4 is 0 Å². The second-order valence-electron chi connectivity index (χ2n) is 4.36. The van der Waals surface area contributed by atoms with Gasteiger partial charge in [-0.05, 0) is 36.1 Å². The van der Waals surface area contributed by atoms with Gasteiger partial charge in [-0.15, -0.1) is 0 Å². The fraction of sp³-hybridized carbons (Fsp3) is 0.133. The summed E-state index contributed by atoms with van der Waals surface area (Å²) in [6, 6.07) is 11.7. The van der Waals surface area contributed by atoms with Gasteiger partial charge in [0, 0.05) is 20.1 Å². The van der Waals surface area contributed by atoms with Crippen LogP contribution in [-0.4, -0.2) is 5.78 Å². The van der Waals surface area contributed by atoms with E-state index in [1.54, 1.807) is 0 Å². The first kappa shape index (κ1) is 12.1. The molecular formula is C15H10Br2O. The molecule has 0 fully saturated rings. The number of benzene rings is 2. The van der Waals surface area contributed by atoms with Crippen molar-refractivity contribution in [1.29, 1.82) is 0 Å². The SMILES string of the molecule is O=C1c2cccc(Br)c2CCc2c(Br)cccc21. The van der Waals surface area contributed by atoms with Crippen LogP contribution in [0.25, 0.3) is 0 Å². The minimum atomic E-state index is 0.125. The highest BCUT2D eigenvalue weighted by atomic mass is 79.9. The van der Waals surface area contributed by atoms with E-state index in [0.29, 0.717) is 0 Å². The lowest BCUT2D eigenvalue weighted by atomic mass is 9.99. The summed E-state index contributed by atoms with van der Waals surface area (Å²) in [6.45, 7) is 0. The highest BCUT2D eigenvalue weighted by Gasteiger charge is 2.23. The molecule has 0 amide bonds. The first-order valence-corrected chi connectivity index (χ1v) is 7.36. The predicted octanol–water partition coefficient (Wildman–Crippen LogP) is 4.54. The van der Waals surface area contributed by atoms with E-state index in [9.17, 15) is 4.79 Å². The van der Waals surface area contributed by atoms with Gasteiger partial charge in [-0.2, -0.15) is 0 Å². The van der Waals surface area contributed by atoms with Crippen molar-refractivity contribution in [2.45, 2.75) is 12.8 Å². The number of carbonyl (C=O) groups excluding carboxylic acids is 1. The minimum absolute atomic E-state index is 0.125. The third-order valence-corrected chi connectivity index (χ3v) is 4.84. The number of halogens is 2. The summed E-state index contributed by atoms with van der Waals surface area (Å²) < 4.78 is 2.05. The first-order chi connectivity index (χ1) is 8.68. The van der Waals surface area contributed by atoms with E-state index in [-0.39, 0.29) is 5.78 Å². The van der Waals surface area contributed by atoms with Crippen molar-refractivity contribution in [3.8, 4) is 0 Å². The maximum atomic E-state index is 12.6. The first-order valence-electron chi connectivity index (χ1n) is 5.78. The molecule has 1 aliphatic carbocycles. The number of hydrogen-bond donors (Lipinski definition) is 0. The van der Waals surface area contributed by atoms with Gasteiger partial charge < -0.3 is 0 Å². The Morgan fingerprint density at radius 1 is 0.778 bits per heavy atom. The minimum Gasteiger partial charge on any atom is -0.289 e. The van der Waals surface area contributed by atoms with Crippen molar-refractivity contribution in [2.75, 3.05) is 0 Å². The molecule has 90 valence electrons. The van der Waals surface area contributed by atoms with Crippen LogP contribution in [0.2, 0.25) is 0 Å². The fourth-order valence-electron chi connectivity index (χ4n) is 2.45. The summed E-state index contributed by atoms with van der Waals surface area (Å²) in [6.07, 6.45) is 1.77. The molecule has 18 heavy (non-hydrogen) atoms. The molecule has 0 bridgehead atoms. The highest BCUT2D eigenvalue weighted by Crippen LogP contribution is 2.32. The van der Waals surface area contributed by atoms with Gasteiger partial charge in [0.05, 0.1) is 0 Å². The van der Waals surface area contributed by atoms with Gasteiger partial charge >= 0.3 is 0 Å². The molecule has 0 N–H and O–H groups in total. The van der Waals surface area contributed by atoms with E-state index in [1.165, 1.54) is 0 Å². The van der Waals surface area contributed by atoms with Gasteiger partial charge in [0.25, 0.3) is 0 Å². The molecule has 3 heteroatoms. The molecule has 3 rings (SSSR count). The quantitative estimate of drug-likeness (QED) is 0.669. The summed E-state index contributed by atoms with van der Waals surface area (Å²) in [7, 11) is 0. The third-order valence-electron chi connectivity index (χ3n) is 3.35. The maximum absolute atomic E-state index is 12.6. The van der Waals surface area contributed by atoms with Crippen LogP contribution in [0, 0.1) is 0 Å². The summed E-state index contributed by atoms with van der Waals surface area (Å²) >= 11 is 7.09. The maximum Gasteiger partial charge on any atom is 0.193 e. The van der Waals surface area contributed by atoms with Crippen molar-refractivity contribution in [3.05, 3.63) is 67.6 Å². The van der Waals surface area contributed by atoms with Crippen LogP contribution >= 0.6 is 31.9 Å². The van der Waals surface area contributed by atoms with Crippen molar-refractivity contribution in [1.82, 2.24) is 0 Å². The van der Waals surface area contributed by atoms with E-state index in [4.69, 9.17) is 0 Å². The molecule has 1 nitrogen and oxygen atoms in total. The van der Waals surface area contributed by atoms with E-state index < -0.39 is 0 Å². The molecule has 0 atom stereocenters. The Bertz CT molecular complexity index is 591. The zero-order chi connectivity index (χ0) is 12.7. The molecule has 0 heterocycles. The van der Waals surface area contributed by atoms with Crippen molar-refractivity contribution < 1.29 is 4.79 Å². The lowest BCUT2D eigenvalue weighted by Gasteiger charge is -2.06. The molecule has 2 aromatic rings. The summed E-state index contributed by atoms with van der Waals surface area (Å²) in [5.74, 6) is 0.125. The zero-order valence-corrected chi connectivity index (χ0v) is 12.7. The molecule has 0 spiro atoms. The Balaban J connectivity index is 2.25.